The van der Waals surface area contributed by atoms with Crippen molar-refractivity contribution >= 4 is 28.7 Å². The highest BCUT2D eigenvalue weighted by atomic mass is 19.1. The SMILES string of the molecule is CC(=O)N(C)C1C(C)CN(c2ccncc2Nc2ncc3ccc(-c4c(F)cc(C5(O)COC5)cc4F)nn23)CC1N. The van der Waals surface area contributed by atoms with Gasteiger partial charge in [-0.1, -0.05) is 6.92 Å². The Labute approximate surface area is 240 Å². The number of likely N-dealkylation sites (N-methyl/N-ethyl adjacent to an activating group) is 1. The summed E-state index contributed by atoms with van der Waals surface area (Å²) in [7, 11) is 1.78. The van der Waals surface area contributed by atoms with Crippen LogP contribution < -0.4 is 16.0 Å². The van der Waals surface area contributed by atoms with Gasteiger partial charge < -0.3 is 30.7 Å². The molecule has 3 aromatic heterocycles. The minimum Gasteiger partial charge on any atom is -0.380 e. The van der Waals surface area contributed by atoms with Gasteiger partial charge in [0.25, 0.3) is 0 Å². The number of hydrogen-bond donors (Lipinski definition) is 3. The van der Waals surface area contributed by atoms with Gasteiger partial charge in [-0.25, -0.2) is 13.8 Å². The molecule has 1 amide bonds. The van der Waals surface area contributed by atoms with Crippen LogP contribution in [-0.2, 0) is 15.1 Å². The van der Waals surface area contributed by atoms with E-state index in [2.05, 4.69) is 32.2 Å². The van der Waals surface area contributed by atoms with Gasteiger partial charge in [-0.15, -0.1) is 0 Å². The summed E-state index contributed by atoms with van der Waals surface area (Å²) in [6, 6.07) is 6.93. The molecule has 0 bridgehead atoms. The van der Waals surface area contributed by atoms with Gasteiger partial charge in [0.2, 0.25) is 11.9 Å². The number of imidazole rings is 1. The molecule has 11 nitrogen and oxygen atoms in total. The van der Waals surface area contributed by atoms with E-state index in [-0.39, 0.29) is 53.9 Å². The number of rotatable bonds is 6. The summed E-state index contributed by atoms with van der Waals surface area (Å²) >= 11 is 0. The third-order valence-electron chi connectivity index (χ3n) is 8.19. The van der Waals surface area contributed by atoms with Crippen molar-refractivity contribution < 1.29 is 23.4 Å². The number of piperidine rings is 1. The number of fused-ring (bicyclic) bond motifs is 1. The van der Waals surface area contributed by atoms with E-state index in [0.717, 1.165) is 17.8 Å². The second-order valence-electron chi connectivity index (χ2n) is 11.2. The van der Waals surface area contributed by atoms with Crippen molar-refractivity contribution in [3.8, 4) is 11.3 Å². The predicted molar refractivity (Wildman–Crippen MR) is 152 cm³/mol. The van der Waals surface area contributed by atoms with E-state index in [1.165, 1.54) is 17.5 Å². The number of nitrogens with two attached hydrogens (primary N) is 1. The molecule has 42 heavy (non-hydrogen) atoms. The first-order valence-corrected chi connectivity index (χ1v) is 13.7. The summed E-state index contributed by atoms with van der Waals surface area (Å²) in [6.07, 6.45) is 4.95. The third-order valence-corrected chi connectivity index (χ3v) is 8.19. The van der Waals surface area contributed by atoms with Gasteiger partial charge in [0.1, 0.15) is 17.2 Å². The highest BCUT2D eigenvalue weighted by Gasteiger charge is 2.39. The van der Waals surface area contributed by atoms with Gasteiger partial charge in [-0.2, -0.15) is 9.61 Å². The van der Waals surface area contributed by atoms with E-state index in [1.807, 2.05) is 6.07 Å². The Bertz CT molecular complexity index is 1620. The number of pyridine rings is 1. The maximum atomic E-state index is 15.2. The van der Waals surface area contributed by atoms with Crippen LogP contribution in [0.15, 0.2) is 48.9 Å². The lowest BCUT2D eigenvalue weighted by atomic mass is 9.88. The van der Waals surface area contributed by atoms with Crippen molar-refractivity contribution in [2.45, 2.75) is 31.5 Å². The second kappa shape index (κ2) is 10.6. The fourth-order valence-electron chi connectivity index (χ4n) is 5.92. The molecule has 0 saturated carbocycles. The van der Waals surface area contributed by atoms with E-state index in [0.29, 0.717) is 30.2 Å². The summed E-state index contributed by atoms with van der Waals surface area (Å²) < 4.78 is 36.9. The summed E-state index contributed by atoms with van der Waals surface area (Å²) in [5, 5.41) is 18.2. The van der Waals surface area contributed by atoms with Crippen molar-refractivity contribution in [2.24, 2.45) is 11.7 Å². The zero-order valence-corrected chi connectivity index (χ0v) is 23.5. The van der Waals surface area contributed by atoms with Gasteiger partial charge in [0.15, 0.2) is 0 Å². The zero-order chi connectivity index (χ0) is 29.8. The van der Waals surface area contributed by atoms with Crippen molar-refractivity contribution in [1.29, 1.82) is 0 Å². The second-order valence-corrected chi connectivity index (χ2v) is 11.2. The molecule has 2 aliphatic heterocycles. The molecule has 0 aliphatic carbocycles. The van der Waals surface area contributed by atoms with E-state index in [4.69, 9.17) is 10.5 Å². The lowest BCUT2D eigenvalue weighted by Crippen LogP contribution is -2.62. The number of carbonyl (C=O) groups excluding carboxylic acids is 1. The molecule has 0 radical (unpaired) electrons. The third kappa shape index (κ3) is 4.82. The average Bonchev–Trinajstić information content (AvgIpc) is 3.33. The van der Waals surface area contributed by atoms with Crippen molar-refractivity contribution in [3.05, 3.63) is 66.1 Å². The van der Waals surface area contributed by atoms with Gasteiger partial charge in [0.05, 0.1) is 59.8 Å². The number of aromatic nitrogens is 4. The van der Waals surface area contributed by atoms with Crippen LogP contribution in [0.2, 0.25) is 0 Å². The Hall–Kier alpha value is -4.20. The van der Waals surface area contributed by atoms with Crippen LogP contribution in [0.3, 0.4) is 0 Å². The molecule has 4 N–H and O–H groups in total. The van der Waals surface area contributed by atoms with E-state index in [1.54, 1.807) is 36.6 Å². The molecule has 1 aromatic carbocycles. The largest absolute Gasteiger partial charge is 0.380 e. The quantitative estimate of drug-likeness (QED) is 0.316. The van der Waals surface area contributed by atoms with Crippen LogP contribution in [0.5, 0.6) is 0 Å². The van der Waals surface area contributed by atoms with Crippen molar-refractivity contribution in [3.63, 3.8) is 0 Å². The molecule has 13 heteroatoms. The molecule has 220 valence electrons. The van der Waals surface area contributed by atoms with Crippen LogP contribution in [0.25, 0.3) is 16.8 Å². The Kier molecular flexibility index (Phi) is 7.03. The normalized spacial score (nSPS) is 21.7. The number of benzene rings is 1. The molecule has 4 aromatic rings. The molecule has 3 unspecified atom stereocenters. The van der Waals surface area contributed by atoms with Crippen LogP contribution >= 0.6 is 0 Å². The van der Waals surface area contributed by atoms with Crippen LogP contribution in [0.4, 0.5) is 26.1 Å². The standard InChI is InChI=1S/C29H32F2N8O3/c1-16-12-38(13-22(32)27(16)37(3)17(2)40)25-6-7-33-11-24(25)35-28-34-10-19-4-5-23(36-39(19)28)26-20(30)8-18(9-21(26)31)29(41)14-42-15-29/h4-11,16,22,27,41H,12-15,32H2,1-3H3,(H,34,35). The van der Waals surface area contributed by atoms with Crippen LogP contribution in [0, 0.1) is 17.6 Å². The number of aliphatic hydroxyl groups is 1. The molecule has 2 saturated heterocycles. The fourth-order valence-corrected chi connectivity index (χ4v) is 5.92. The molecular weight excluding hydrogens is 546 g/mol. The number of halogens is 2. The smallest absolute Gasteiger partial charge is 0.229 e. The highest BCUT2D eigenvalue weighted by molar-refractivity contribution is 5.75. The number of ether oxygens (including phenoxy) is 1. The van der Waals surface area contributed by atoms with Gasteiger partial charge >= 0.3 is 0 Å². The Morgan fingerprint density at radius 3 is 2.57 bits per heavy atom. The average molecular weight is 579 g/mol. The minimum atomic E-state index is -1.40. The molecular formula is C29H32F2N8O3. The molecule has 0 spiro atoms. The summed E-state index contributed by atoms with van der Waals surface area (Å²) in [5.41, 5.74) is 7.12. The van der Waals surface area contributed by atoms with Gasteiger partial charge in [0, 0.05) is 39.3 Å². The number of nitrogens with zero attached hydrogens (tertiary/aromatic N) is 6. The first-order chi connectivity index (χ1) is 20.1. The molecule has 2 fully saturated rings. The Balaban J connectivity index is 1.30. The first kappa shape index (κ1) is 27.9. The number of nitrogens with one attached hydrogen (secondary N) is 1. The van der Waals surface area contributed by atoms with E-state index >= 15 is 8.78 Å². The maximum Gasteiger partial charge on any atom is 0.229 e. The fraction of sp³-hybridized carbons (Fsp3) is 0.379. The molecule has 2 aliphatic rings. The molecule has 3 atom stereocenters. The molecule has 6 rings (SSSR count). The first-order valence-electron chi connectivity index (χ1n) is 13.7. The number of carbonyl (C=O) groups is 1. The Morgan fingerprint density at radius 2 is 1.93 bits per heavy atom. The molecule has 5 heterocycles. The Morgan fingerprint density at radius 1 is 1.19 bits per heavy atom. The monoisotopic (exact) mass is 578 g/mol. The number of anilines is 3. The predicted octanol–water partition coefficient (Wildman–Crippen LogP) is 2.66. The van der Waals surface area contributed by atoms with Gasteiger partial charge in [-0.3, -0.25) is 9.78 Å². The van der Waals surface area contributed by atoms with Crippen molar-refractivity contribution in [1.82, 2.24) is 24.5 Å². The lowest BCUT2D eigenvalue weighted by Gasteiger charge is -2.46. The summed E-state index contributed by atoms with van der Waals surface area (Å²) in [5.74, 6) is -1.28. The maximum absolute atomic E-state index is 15.2. The lowest BCUT2D eigenvalue weighted by molar-refractivity contribution is -0.184. The number of amides is 1. The summed E-state index contributed by atoms with van der Waals surface area (Å²) in [4.78, 5) is 24.6. The zero-order valence-electron chi connectivity index (χ0n) is 23.5. The van der Waals surface area contributed by atoms with E-state index in [9.17, 15) is 9.90 Å². The highest BCUT2D eigenvalue weighted by Crippen LogP contribution is 2.35. The summed E-state index contributed by atoms with van der Waals surface area (Å²) in [6.45, 7) is 4.75. The van der Waals surface area contributed by atoms with Crippen LogP contribution in [0.1, 0.15) is 19.4 Å². The number of hydrogen-bond acceptors (Lipinski definition) is 9. The van der Waals surface area contributed by atoms with E-state index < -0.39 is 17.2 Å². The van der Waals surface area contributed by atoms with Crippen LogP contribution in [-0.4, -0.2) is 80.9 Å². The van der Waals surface area contributed by atoms with Crippen molar-refractivity contribution in [2.75, 3.05) is 43.6 Å². The van der Waals surface area contributed by atoms with Gasteiger partial charge in [-0.05, 0) is 41.8 Å². The minimum absolute atomic E-state index is 0.0197. The topological polar surface area (TPSA) is 134 Å².